The summed E-state index contributed by atoms with van der Waals surface area (Å²) in [5.74, 6) is -0.893. The highest BCUT2D eigenvalue weighted by molar-refractivity contribution is 7.89. The Morgan fingerprint density at radius 2 is 1.78 bits per heavy atom. The second-order valence-electron chi connectivity index (χ2n) is 6.34. The number of nitrogens with one attached hydrogen (secondary N) is 1. The van der Waals surface area contributed by atoms with Crippen LogP contribution in [-0.4, -0.2) is 25.4 Å². The minimum atomic E-state index is -3.82. The summed E-state index contributed by atoms with van der Waals surface area (Å²) in [6.45, 7) is 3.53. The molecule has 0 saturated heterocycles. The predicted octanol–water partition coefficient (Wildman–Crippen LogP) is 3.34. The molecular formula is C19H20N2O4S2. The molecule has 3 aromatic rings. The lowest BCUT2D eigenvalue weighted by Gasteiger charge is -2.20. The molecule has 1 N–H and O–H groups in total. The highest BCUT2D eigenvalue weighted by atomic mass is 32.2. The molecule has 3 rings (SSSR count). The quantitative estimate of drug-likeness (QED) is 0.611. The van der Waals surface area contributed by atoms with Crippen LogP contribution in [0.2, 0.25) is 0 Å². The van der Waals surface area contributed by atoms with Crippen molar-refractivity contribution in [3.63, 3.8) is 0 Å². The first kappa shape index (κ1) is 19.5. The fraction of sp³-hybridized carbons (Fsp3) is 0.263. The number of para-hydroxylation sites is 1. The number of hydrogen-bond donors (Lipinski definition) is 1. The number of fused-ring (bicyclic) bond motifs is 1. The first-order valence-electron chi connectivity index (χ1n) is 8.45. The Labute approximate surface area is 162 Å². The lowest BCUT2D eigenvalue weighted by Crippen LogP contribution is -2.45. The average Bonchev–Trinajstić information content (AvgIpc) is 3.08. The van der Waals surface area contributed by atoms with E-state index in [0.717, 1.165) is 10.2 Å². The molecule has 0 fully saturated rings. The summed E-state index contributed by atoms with van der Waals surface area (Å²) >= 11 is 1.44. The van der Waals surface area contributed by atoms with Gasteiger partial charge in [0.15, 0.2) is 0 Å². The number of carbonyl (C=O) groups excluding carboxylic acids is 1. The summed E-state index contributed by atoms with van der Waals surface area (Å²) in [4.78, 5) is 17.0. The maximum absolute atomic E-state index is 12.5. The van der Waals surface area contributed by atoms with Gasteiger partial charge in [-0.1, -0.05) is 44.2 Å². The number of aromatic nitrogens is 1. The van der Waals surface area contributed by atoms with Crippen LogP contribution < -0.4 is 4.72 Å². The van der Waals surface area contributed by atoms with Gasteiger partial charge in [-0.05, 0) is 30.2 Å². The van der Waals surface area contributed by atoms with Crippen LogP contribution in [0.3, 0.4) is 0 Å². The van der Waals surface area contributed by atoms with Crippen molar-refractivity contribution in [3.05, 3.63) is 59.6 Å². The molecule has 1 atom stereocenters. The zero-order valence-corrected chi connectivity index (χ0v) is 16.6. The van der Waals surface area contributed by atoms with Gasteiger partial charge in [0.25, 0.3) is 0 Å². The summed E-state index contributed by atoms with van der Waals surface area (Å²) < 4.78 is 33.8. The molecule has 0 spiro atoms. The molecule has 0 aliphatic carbocycles. The van der Waals surface area contributed by atoms with Crippen LogP contribution in [0.4, 0.5) is 0 Å². The van der Waals surface area contributed by atoms with Crippen LogP contribution in [0.15, 0.2) is 59.5 Å². The average molecular weight is 405 g/mol. The first-order chi connectivity index (χ1) is 12.9. The third-order valence-electron chi connectivity index (χ3n) is 3.93. The summed E-state index contributed by atoms with van der Waals surface area (Å²) in [5, 5.41) is 0.665. The molecule has 0 saturated carbocycles. The topological polar surface area (TPSA) is 85.4 Å². The Hall–Kier alpha value is -2.29. The van der Waals surface area contributed by atoms with Crippen LogP contribution in [0.25, 0.3) is 10.2 Å². The van der Waals surface area contributed by atoms with Crippen LogP contribution in [0, 0.1) is 5.92 Å². The van der Waals surface area contributed by atoms with Gasteiger partial charge in [0.1, 0.15) is 17.7 Å². The molecule has 2 aromatic carbocycles. The Bertz CT molecular complexity index is 997. The van der Waals surface area contributed by atoms with E-state index in [1.165, 1.54) is 23.5 Å². The van der Waals surface area contributed by atoms with Crippen molar-refractivity contribution in [1.29, 1.82) is 0 Å². The van der Waals surface area contributed by atoms with E-state index < -0.39 is 22.0 Å². The second-order valence-corrected chi connectivity index (χ2v) is 9.17. The Morgan fingerprint density at radius 1 is 1.11 bits per heavy atom. The minimum absolute atomic E-state index is 0.00840. The summed E-state index contributed by atoms with van der Waals surface area (Å²) in [6, 6.07) is 14.6. The van der Waals surface area contributed by atoms with Gasteiger partial charge in [0, 0.05) is 0 Å². The molecule has 6 nitrogen and oxygen atoms in total. The third kappa shape index (κ3) is 4.71. The molecule has 0 radical (unpaired) electrons. The number of nitrogens with zero attached hydrogens (tertiary/aromatic N) is 1. The van der Waals surface area contributed by atoms with Crippen molar-refractivity contribution in [2.24, 2.45) is 5.92 Å². The summed E-state index contributed by atoms with van der Waals surface area (Å²) in [5.41, 5.74) is 0.846. The van der Waals surface area contributed by atoms with E-state index in [4.69, 9.17) is 4.74 Å². The Balaban J connectivity index is 1.70. The second kappa shape index (κ2) is 8.16. The molecule has 27 heavy (non-hydrogen) atoms. The lowest BCUT2D eigenvalue weighted by molar-refractivity contribution is -0.148. The number of sulfonamides is 1. The maximum Gasteiger partial charge on any atom is 0.324 e. The van der Waals surface area contributed by atoms with E-state index in [-0.39, 0.29) is 17.4 Å². The summed E-state index contributed by atoms with van der Waals surface area (Å²) in [7, 11) is -3.82. The molecule has 0 amide bonds. The fourth-order valence-corrected chi connectivity index (χ4v) is 4.73. The zero-order valence-electron chi connectivity index (χ0n) is 15.0. The van der Waals surface area contributed by atoms with Crippen LogP contribution in [0.1, 0.15) is 18.9 Å². The number of benzene rings is 2. The monoisotopic (exact) mass is 404 g/mol. The largest absolute Gasteiger partial charge is 0.457 e. The number of esters is 1. The van der Waals surface area contributed by atoms with E-state index in [2.05, 4.69) is 9.71 Å². The van der Waals surface area contributed by atoms with Crippen LogP contribution >= 0.6 is 11.3 Å². The third-order valence-corrected chi connectivity index (χ3v) is 6.40. The highest BCUT2D eigenvalue weighted by Gasteiger charge is 2.29. The molecule has 1 unspecified atom stereocenters. The molecule has 142 valence electrons. The van der Waals surface area contributed by atoms with Crippen molar-refractivity contribution >= 4 is 37.5 Å². The Kier molecular flexibility index (Phi) is 5.88. The predicted molar refractivity (Wildman–Crippen MR) is 105 cm³/mol. The van der Waals surface area contributed by atoms with Gasteiger partial charge in [0.2, 0.25) is 10.0 Å². The lowest BCUT2D eigenvalue weighted by atomic mass is 10.1. The van der Waals surface area contributed by atoms with Gasteiger partial charge in [-0.25, -0.2) is 13.4 Å². The van der Waals surface area contributed by atoms with Gasteiger partial charge < -0.3 is 4.74 Å². The number of carbonyl (C=O) groups is 1. The zero-order chi connectivity index (χ0) is 19.4. The molecule has 8 heteroatoms. The van der Waals surface area contributed by atoms with Gasteiger partial charge in [-0.2, -0.15) is 4.72 Å². The molecule has 0 aliphatic rings. The molecule has 1 aromatic heterocycles. The fourth-order valence-electron chi connectivity index (χ4n) is 2.50. The van der Waals surface area contributed by atoms with Crippen molar-refractivity contribution < 1.29 is 17.9 Å². The smallest absolute Gasteiger partial charge is 0.324 e. The van der Waals surface area contributed by atoms with Crippen molar-refractivity contribution in [2.45, 2.75) is 31.4 Å². The van der Waals surface area contributed by atoms with E-state index in [0.29, 0.717) is 5.01 Å². The van der Waals surface area contributed by atoms with Gasteiger partial charge >= 0.3 is 5.97 Å². The number of thiazole rings is 1. The number of hydrogen-bond acceptors (Lipinski definition) is 6. The number of rotatable bonds is 7. The van der Waals surface area contributed by atoms with E-state index in [1.54, 1.807) is 32.0 Å². The normalized spacial score (nSPS) is 13.0. The molecule has 1 heterocycles. The molecule has 0 aliphatic heterocycles. The highest BCUT2D eigenvalue weighted by Crippen LogP contribution is 2.22. The van der Waals surface area contributed by atoms with Gasteiger partial charge in [-0.3, -0.25) is 4.79 Å². The van der Waals surface area contributed by atoms with Gasteiger partial charge in [-0.15, -0.1) is 11.3 Å². The summed E-state index contributed by atoms with van der Waals surface area (Å²) in [6.07, 6.45) is 0. The van der Waals surface area contributed by atoms with Crippen molar-refractivity contribution in [2.75, 3.05) is 0 Å². The number of ether oxygens (including phenoxy) is 1. The Morgan fingerprint density at radius 3 is 2.44 bits per heavy atom. The van der Waals surface area contributed by atoms with Crippen LogP contribution in [0.5, 0.6) is 0 Å². The van der Waals surface area contributed by atoms with Gasteiger partial charge in [0.05, 0.1) is 15.1 Å². The van der Waals surface area contributed by atoms with E-state index in [9.17, 15) is 13.2 Å². The molecular weight excluding hydrogens is 384 g/mol. The molecule has 0 bridgehead atoms. The van der Waals surface area contributed by atoms with Crippen molar-refractivity contribution in [1.82, 2.24) is 9.71 Å². The van der Waals surface area contributed by atoms with Crippen LogP contribution in [-0.2, 0) is 26.2 Å². The van der Waals surface area contributed by atoms with E-state index >= 15 is 0 Å². The van der Waals surface area contributed by atoms with E-state index in [1.807, 2.05) is 24.3 Å². The first-order valence-corrected chi connectivity index (χ1v) is 10.8. The minimum Gasteiger partial charge on any atom is -0.457 e. The maximum atomic E-state index is 12.5. The van der Waals surface area contributed by atoms with Crippen molar-refractivity contribution in [3.8, 4) is 0 Å². The SMILES string of the molecule is CC(C)C(NS(=O)(=O)c1ccccc1)C(=O)OCc1nc2ccccc2s1. The standard InChI is InChI=1S/C19H20N2O4S2/c1-13(2)18(21-27(23,24)14-8-4-3-5-9-14)19(22)25-12-17-20-15-10-6-7-11-16(15)26-17/h3-11,13,18,21H,12H2,1-2H3.